The van der Waals surface area contributed by atoms with Gasteiger partial charge in [0.2, 0.25) is 0 Å². The van der Waals surface area contributed by atoms with E-state index in [1.54, 1.807) is 56.9 Å². The Morgan fingerprint density at radius 1 is 0.486 bits per heavy atom. The molecule has 2 heterocycles. The predicted molar refractivity (Wildman–Crippen MR) is 269 cm³/mol. The number of carbonyl (C=O) groups is 2. The third kappa shape index (κ3) is 15.5. The van der Waals surface area contributed by atoms with Crippen LogP contribution < -0.4 is 62.7 Å². The van der Waals surface area contributed by atoms with Gasteiger partial charge in [-0.25, -0.2) is 0 Å². The molecule has 0 saturated carbocycles. The number of hydrogen-bond donors (Lipinski definition) is 0. The van der Waals surface area contributed by atoms with Gasteiger partial charge >= 0.3 is 11.9 Å². The zero-order valence-corrected chi connectivity index (χ0v) is 45.5. The van der Waals surface area contributed by atoms with Crippen molar-refractivity contribution in [3.05, 3.63) is 106 Å². The standard InChI is InChI=1S/C56H76N2O12.2ClH/c1-57(35-41(27-39-19-21-47(61-3)49(29-39)63-5)45-33-53(67-9)51(65-7)31-43(45)37-57)23-15-25-69-55(59)17-13-11-12-14-18-56(60)70-26-16-24-58(2)36-42(28-40-20-22-48(62-4)50(30-40)64-6)46-34-54(68-10)52(66-8)32-44(46)38-58;;/h11-12,19-22,29-34,41-42H,13-18,23-28,35-38H2,1-10H3;2*1H/q+2;;/p-2/b12-11+;;/t41-,42+,57-,58+;;. The Morgan fingerprint density at radius 2 is 0.819 bits per heavy atom. The van der Waals surface area contributed by atoms with Gasteiger partial charge in [-0.05, 0) is 96.5 Å². The van der Waals surface area contributed by atoms with Crippen LogP contribution in [0.15, 0.2) is 72.8 Å². The minimum atomic E-state index is -0.224. The maximum Gasteiger partial charge on any atom is 0.306 e. The highest BCUT2D eigenvalue weighted by atomic mass is 35.5. The molecule has 0 spiro atoms. The molecular formula is C56H76Cl2N2O12. The molecule has 4 aromatic rings. The van der Waals surface area contributed by atoms with Gasteiger partial charge in [-0.15, -0.1) is 0 Å². The fraction of sp³-hybridized carbons (Fsp3) is 0.500. The molecule has 4 atom stereocenters. The lowest BCUT2D eigenvalue weighted by molar-refractivity contribution is -0.926. The first-order valence-corrected chi connectivity index (χ1v) is 24.4. The minimum absolute atomic E-state index is 0. The zero-order chi connectivity index (χ0) is 50.3. The number of allylic oxidation sites excluding steroid dienone is 2. The van der Waals surface area contributed by atoms with Gasteiger partial charge in [0, 0.05) is 48.6 Å². The molecular weight excluding hydrogens is 964 g/mol. The Hall–Kier alpha value is -5.54. The number of ether oxygens (including phenoxy) is 10. The van der Waals surface area contributed by atoms with Gasteiger partial charge in [-0.1, -0.05) is 24.3 Å². The summed E-state index contributed by atoms with van der Waals surface area (Å²) in [4.78, 5) is 25.4. The van der Waals surface area contributed by atoms with Crippen LogP contribution in [0.5, 0.6) is 46.0 Å². The van der Waals surface area contributed by atoms with E-state index in [0.717, 1.165) is 96.5 Å². The number of rotatable bonds is 26. The van der Waals surface area contributed by atoms with Crippen molar-refractivity contribution in [3.63, 3.8) is 0 Å². The van der Waals surface area contributed by atoms with Crippen LogP contribution in [0.1, 0.15) is 83.7 Å². The van der Waals surface area contributed by atoms with E-state index in [1.807, 2.05) is 24.3 Å². The number of quaternary nitrogens is 2. The Labute approximate surface area is 439 Å². The van der Waals surface area contributed by atoms with Gasteiger partial charge in [-0.2, -0.15) is 0 Å². The summed E-state index contributed by atoms with van der Waals surface area (Å²) in [5.74, 6) is 5.67. The van der Waals surface area contributed by atoms with Crippen molar-refractivity contribution < 1.29 is 90.7 Å². The molecule has 4 aromatic carbocycles. The second kappa shape index (κ2) is 28.1. The molecule has 0 aliphatic carbocycles. The molecule has 2 aliphatic heterocycles. The van der Waals surface area contributed by atoms with E-state index < -0.39 is 0 Å². The van der Waals surface area contributed by atoms with E-state index in [0.29, 0.717) is 60.6 Å². The smallest absolute Gasteiger partial charge is 0.306 e. The molecule has 16 heteroatoms. The maximum absolute atomic E-state index is 12.7. The SMILES string of the molecule is COc1ccc(C[C@@H]2C[N@@+](C)(CCCOC(=O)CC/C=C/CCC(=O)OCCC[N@+]3(C)Cc4cc(OC)c(OC)cc4[C@@H](Cc4ccc(OC)c(OC)c4)C3)Cc3cc(OC)c(OC)cc32)cc1OC.[Cl-].[Cl-]. The van der Waals surface area contributed by atoms with Crippen molar-refractivity contribution in [2.75, 3.05) is 110 Å². The van der Waals surface area contributed by atoms with E-state index in [9.17, 15) is 9.59 Å². The van der Waals surface area contributed by atoms with Crippen LogP contribution in [-0.2, 0) is 45.0 Å². The summed E-state index contributed by atoms with van der Waals surface area (Å²) in [5.41, 5.74) is 7.28. The van der Waals surface area contributed by atoms with Crippen LogP contribution in [0.25, 0.3) is 0 Å². The van der Waals surface area contributed by atoms with E-state index in [2.05, 4.69) is 62.6 Å². The van der Waals surface area contributed by atoms with Gasteiger partial charge in [-0.3, -0.25) is 9.59 Å². The highest BCUT2D eigenvalue weighted by Crippen LogP contribution is 2.43. The number of hydrogen-bond acceptors (Lipinski definition) is 12. The first-order chi connectivity index (χ1) is 33.8. The number of likely N-dealkylation sites (N-methyl/N-ethyl adjacent to an activating group) is 2. The zero-order valence-electron chi connectivity index (χ0n) is 43.9. The van der Waals surface area contributed by atoms with E-state index >= 15 is 0 Å². The highest BCUT2D eigenvalue weighted by Gasteiger charge is 2.38. The van der Waals surface area contributed by atoms with Gasteiger partial charge in [0.05, 0.1) is 110 Å². The van der Waals surface area contributed by atoms with Gasteiger partial charge in [0.1, 0.15) is 13.1 Å². The number of fused-ring (bicyclic) bond motifs is 2. The number of halogens is 2. The summed E-state index contributed by atoms with van der Waals surface area (Å²) in [6.45, 7) is 5.89. The average molecular weight is 1040 g/mol. The fourth-order valence-electron chi connectivity index (χ4n) is 10.4. The first kappa shape index (κ1) is 59.0. The molecule has 0 saturated heterocycles. The van der Waals surface area contributed by atoms with E-state index in [-0.39, 0.29) is 61.4 Å². The number of carbonyl (C=O) groups excluding carboxylic acids is 2. The summed E-state index contributed by atoms with van der Waals surface area (Å²) in [6, 6.07) is 20.7. The van der Waals surface area contributed by atoms with E-state index in [4.69, 9.17) is 47.4 Å². The molecule has 72 heavy (non-hydrogen) atoms. The molecule has 396 valence electrons. The Balaban J connectivity index is 0.00000562. The quantitative estimate of drug-likeness (QED) is 0.0398. The van der Waals surface area contributed by atoms with E-state index in [1.165, 1.54) is 22.3 Å². The fourth-order valence-corrected chi connectivity index (χ4v) is 10.4. The maximum atomic E-state index is 12.7. The lowest BCUT2D eigenvalue weighted by Crippen LogP contribution is -3.00. The normalized spacial score (nSPS) is 18.8. The van der Waals surface area contributed by atoms with Crippen LogP contribution in [-0.4, -0.2) is 131 Å². The third-order valence-corrected chi connectivity index (χ3v) is 13.9. The van der Waals surface area contributed by atoms with Crippen molar-refractivity contribution in [2.45, 2.75) is 76.3 Å². The summed E-state index contributed by atoms with van der Waals surface area (Å²) in [5, 5.41) is 0. The molecule has 0 unspecified atom stereocenters. The van der Waals surface area contributed by atoms with Crippen molar-refractivity contribution >= 4 is 11.9 Å². The summed E-state index contributed by atoms with van der Waals surface area (Å²) in [6.07, 6.45) is 8.65. The average Bonchev–Trinajstić information content (AvgIpc) is 3.36. The van der Waals surface area contributed by atoms with Crippen LogP contribution in [0.4, 0.5) is 0 Å². The predicted octanol–water partition coefficient (Wildman–Crippen LogP) is 3.02. The topological polar surface area (TPSA) is 126 Å². The van der Waals surface area contributed by atoms with Crippen LogP contribution >= 0.6 is 0 Å². The van der Waals surface area contributed by atoms with Crippen LogP contribution in [0.3, 0.4) is 0 Å². The van der Waals surface area contributed by atoms with Crippen LogP contribution in [0.2, 0.25) is 0 Å². The van der Waals surface area contributed by atoms with Gasteiger partial charge in [0.25, 0.3) is 0 Å². The lowest BCUT2D eigenvalue weighted by atomic mass is 9.83. The molecule has 2 aliphatic rings. The molecule has 0 amide bonds. The number of nitrogens with zero attached hydrogens (tertiary/aromatic N) is 2. The van der Waals surface area contributed by atoms with Gasteiger partial charge in [0.15, 0.2) is 46.0 Å². The summed E-state index contributed by atoms with van der Waals surface area (Å²) >= 11 is 0. The van der Waals surface area contributed by atoms with Crippen molar-refractivity contribution in [1.29, 1.82) is 0 Å². The molecule has 0 bridgehead atoms. The number of benzene rings is 4. The second-order valence-electron chi connectivity index (χ2n) is 19.1. The first-order valence-electron chi connectivity index (χ1n) is 24.4. The lowest BCUT2D eigenvalue weighted by Gasteiger charge is -2.43. The van der Waals surface area contributed by atoms with Crippen molar-refractivity contribution in [2.24, 2.45) is 0 Å². The summed E-state index contributed by atoms with van der Waals surface area (Å²) < 4.78 is 57.9. The monoisotopic (exact) mass is 1040 g/mol. The molecule has 14 nitrogen and oxygen atoms in total. The Bertz CT molecular complexity index is 2270. The van der Waals surface area contributed by atoms with Crippen molar-refractivity contribution in [1.82, 2.24) is 0 Å². The Morgan fingerprint density at radius 3 is 1.17 bits per heavy atom. The third-order valence-electron chi connectivity index (χ3n) is 13.9. The van der Waals surface area contributed by atoms with Gasteiger partial charge < -0.3 is 81.1 Å². The molecule has 0 fully saturated rings. The second-order valence-corrected chi connectivity index (χ2v) is 19.1. The molecule has 0 N–H and O–H groups in total. The van der Waals surface area contributed by atoms with Crippen LogP contribution in [0, 0.1) is 0 Å². The molecule has 0 aromatic heterocycles. The molecule has 0 radical (unpaired) electrons. The Kier molecular flexibility index (Phi) is 23.0. The number of methoxy groups -OCH3 is 8. The van der Waals surface area contributed by atoms with Crippen molar-refractivity contribution in [3.8, 4) is 46.0 Å². The largest absolute Gasteiger partial charge is 1.00 e. The highest BCUT2D eigenvalue weighted by molar-refractivity contribution is 5.70. The number of esters is 2. The summed E-state index contributed by atoms with van der Waals surface area (Å²) in [7, 11) is 17.8. The minimum Gasteiger partial charge on any atom is -1.00 e. The molecule has 6 rings (SSSR count).